The lowest BCUT2D eigenvalue weighted by molar-refractivity contribution is -0.124. The van der Waals surface area contributed by atoms with Crippen molar-refractivity contribution in [3.63, 3.8) is 0 Å². The molecule has 0 saturated carbocycles. The zero-order chi connectivity index (χ0) is 11.4. The van der Waals surface area contributed by atoms with Crippen LogP contribution in [0.3, 0.4) is 0 Å². The zero-order valence-corrected chi connectivity index (χ0v) is 10.3. The number of amides is 1. The molecule has 2 atom stereocenters. The molecule has 2 N–H and O–H groups in total. The van der Waals surface area contributed by atoms with E-state index in [0.29, 0.717) is 0 Å². The molecule has 1 fully saturated rings. The number of hydrogen-bond donors (Lipinski definition) is 2. The summed E-state index contributed by atoms with van der Waals surface area (Å²) in [4.78, 5) is 13.1. The van der Waals surface area contributed by atoms with Crippen molar-refractivity contribution in [1.29, 1.82) is 0 Å². The van der Waals surface area contributed by atoms with Crippen LogP contribution in [-0.2, 0) is 4.79 Å². The Balaban J connectivity index is 1.86. The Morgan fingerprint density at radius 1 is 1.62 bits per heavy atom. The van der Waals surface area contributed by atoms with E-state index in [4.69, 9.17) is 0 Å². The number of rotatable bonds is 3. The minimum Gasteiger partial charge on any atom is -0.347 e. The summed E-state index contributed by atoms with van der Waals surface area (Å²) in [6.45, 7) is 3.00. The smallest absolute Gasteiger partial charge is 0.237 e. The minimum absolute atomic E-state index is 0.0103. The maximum absolute atomic E-state index is 11.9. The number of carbonyl (C=O) groups is 1. The highest BCUT2D eigenvalue weighted by Crippen LogP contribution is 2.18. The summed E-state index contributed by atoms with van der Waals surface area (Å²) in [5.74, 6) is 0.139. The van der Waals surface area contributed by atoms with E-state index in [1.54, 1.807) is 11.3 Å². The first kappa shape index (κ1) is 11.6. The monoisotopic (exact) mass is 238 g/mol. The van der Waals surface area contributed by atoms with Crippen LogP contribution in [0.4, 0.5) is 0 Å². The first-order valence-electron chi connectivity index (χ1n) is 5.84. The van der Waals surface area contributed by atoms with E-state index in [-0.39, 0.29) is 18.0 Å². The van der Waals surface area contributed by atoms with Crippen LogP contribution in [0.25, 0.3) is 0 Å². The van der Waals surface area contributed by atoms with Crippen LogP contribution in [0.5, 0.6) is 0 Å². The fraction of sp³-hybridized carbons (Fsp3) is 0.583. The summed E-state index contributed by atoms with van der Waals surface area (Å²) in [5.41, 5.74) is 0. The van der Waals surface area contributed by atoms with Crippen molar-refractivity contribution in [3.8, 4) is 0 Å². The van der Waals surface area contributed by atoms with Gasteiger partial charge < -0.3 is 10.6 Å². The Hall–Kier alpha value is -0.870. The van der Waals surface area contributed by atoms with Crippen molar-refractivity contribution in [2.45, 2.75) is 38.3 Å². The summed E-state index contributed by atoms with van der Waals surface area (Å²) >= 11 is 1.68. The van der Waals surface area contributed by atoms with Gasteiger partial charge in [-0.15, -0.1) is 11.3 Å². The SMILES string of the molecule is C[C@H](NC(=O)C1CCCCN1)c1cccs1. The van der Waals surface area contributed by atoms with Crippen LogP contribution >= 0.6 is 11.3 Å². The van der Waals surface area contributed by atoms with E-state index in [2.05, 4.69) is 16.7 Å². The predicted octanol–water partition coefficient (Wildman–Crippen LogP) is 2.07. The Bertz CT molecular complexity index is 331. The molecule has 0 aliphatic carbocycles. The van der Waals surface area contributed by atoms with Crippen molar-refractivity contribution in [3.05, 3.63) is 22.4 Å². The molecule has 0 bridgehead atoms. The number of nitrogens with one attached hydrogen (secondary N) is 2. The second-order valence-electron chi connectivity index (χ2n) is 4.25. The second kappa shape index (κ2) is 5.46. The Labute approximate surface area is 100 Å². The quantitative estimate of drug-likeness (QED) is 0.846. The predicted molar refractivity (Wildman–Crippen MR) is 66.5 cm³/mol. The molecule has 0 aromatic carbocycles. The van der Waals surface area contributed by atoms with Gasteiger partial charge in [0.05, 0.1) is 12.1 Å². The molecule has 16 heavy (non-hydrogen) atoms. The van der Waals surface area contributed by atoms with Gasteiger partial charge in [0.25, 0.3) is 0 Å². The van der Waals surface area contributed by atoms with Crippen molar-refractivity contribution in [2.24, 2.45) is 0 Å². The molecule has 2 heterocycles. The number of carbonyl (C=O) groups excluding carboxylic acids is 1. The van der Waals surface area contributed by atoms with E-state index in [1.165, 1.54) is 11.3 Å². The molecule has 1 aromatic heterocycles. The Kier molecular flexibility index (Phi) is 3.96. The Morgan fingerprint density at radius 2 is 2.50 bits per heavy atom. The highest BCUT2D eigenvalue weighted by molar-refractivity contribution is 7.10. The van der Waals surface area contributed by atoms with Gasteiger partial charge in [0.2, 0.25) is 5.91 Å². The topological polar surface area (TPSA) is 41.1 Å². The van der Waals surface area contributed by atoms with Crippen LogP contribution < -0.4 is 10.6 Å². The second-order valence-corrected chi connectivity index (χ2v) is 5.23. The van der Waals surface area contributed by atoms with Crippen LogP contribution in [0.1, 0.15) is 37.1 Å². The molecule has 3 nitrogen and oxygen atoms in total. The summed E-state index contributed by atoms with van der Waals surface area (Å²) < 4.78 is 0. The standard InChI is InChI=1S/C12H18N2OS/c1-9(11-6-4-8-16-11)14-12(15)10-5-2-3-7-13-10/h4,6,8-10,13H,2-3,5,7H2,1H3,(H,14,15)/t9-,10?/m0/s1. The van der Waals surface area contributed by atoms with E-state index < -0.39 is 0 Å². The molecule has 88 valence electrons. The molecule has 1 amide bonds. The Morgan fingerprint density at radius 3 is 3.12 bits per heavy atom. The lowest BCUT2D eigenvalue weighted by atomic mass is 10.0. The third-order valence-electron chi connectivity index (χ3n) is 2.96. The van der Waals surface area contributed by atoms with Gasteiger partial charge in [0, 0.05) is 4.88 Å². The minimum atomic E-state index is 0.0103. The van der Waals surface area contributed by atoms with Crippen LogP contribution in [0.15, 0.2) is 17.5 Å². The van der Waals surface area contributed by atoms with E-state index in [9.17, 15) is 4.79 Å². The van der Waals surface area contributed by atoms with Gasteiger partial charge in [-0.1, -0.05) is 12.5 Å². The lowest BCUT2D eigenvalue weighted by Crippen LogP contribution is -2.47. The van der Waals surface area contributed by atoms with Crippen molar-refractivity contribution in [2.75, 3.05) is 6.54 Å². The van der Waals surface area contributed by atoms with Crippen molar-refractivity contribution < 1.29 is 4.79 Å². The van der Waals surface area contributed by atoms with Gasteiger partial charge >= 0.3 is 0 Å². The first-order chi connectivity index (χ1) is 7.77. The molecule has 4 heteroatoms. The largest absolute Gasteiger partial charge is 0.347 e. The number of piperidine rings is 1. The van der Waals surface area contributed by atoms with Gasteiger partial charge in [-0.25, -0.2) is 0 Å². The van der Waals surface area contributed by atoms with Gasteiger partial charge in [0.15, 0.2) is 0 Å². The van der Waals surface area contributed by atoms with Crippen LogP contribution in [0.2, 0.25) is 0 Å². The molecule has 2 rings (SSSR count). The normalized spacial score (nSPS) is 22.7. The van der Waals surface area contributed by atoms with Gasteiger partial charge in [-0.2, -0.15) is 0 Å². The van der Waals surface area contributed by atoms with Crippen molar-refractivity contribution in [1.82, 2.24) is 10.6 Å². The average molecular weight is 238 g/mol. The molecule has 1 unspecified atom stereocenters. The zero-order valence-electron chi connectivity index (χ0n) is 9.53. The highest BCUT2D eigenvalue weighted by Gasteiger charge is 2.22. The van der Waals surface area contributed by atoms with Crippen LogP contribution in [0, 0.1) is 0 Å². The summed E-state index contributed by atoms with van der Waals surface area (Å²) in [5, 5.41) is 8.36. The van der Waals surface area contributed by atoms with Gasteiger partial charge in [-0.3, -0.25) is 4.79 Å². The molecule has 1 aliphatic rings. The fourth-order valence-corrected chi connectivity index (χ4v) is 2.73. The van der Waals surface area contributed by atoms with Crippen molar-refractivity contribution >= 4 is 17.2 Å². The molecule has 1 aromatic rings. The third kappa shape index (κ3) is 2.83. The molecule has 1 aliphatic heterocycles. The maximum atomic E-state index is 11.9. The van der Waals surface area contributed by atoms with E-state index >= 15 is 0 Å². The summed E-state index contributed by atoms with van der Waals surface area (Å²) in [7, 11) is 0. The summed E-state index contributed by atoms with van der Waals surface area (Å²) in [6.07, 6.45) is 3.30. The van der Waals surface area contributed by atoms with Gasteiger partial charge in [0.1, 0.15) is 0 Å². The third-order valence-corrected chi connectivity index (χ3v) is 4.01. The fourth-order valence-electron chi connectivity index (χ4n) is 2.00. The molecule has 0 spiro atoms. The van der Waals surface area contributed by atoms with E-state index in [1.807, 2.05) is 18.4 Å². The molecule has 0 radical (unpaired) electrons. The number of thiophene rings is 1. The maximum Gasteiger partial charge on any atom is 0.237 e. The van der Waals surface area contributed by atoms with E-state index in [0.717, 1.165) is 19.4 Å². The molecular formula is C12H18N2OS. The molecule has 1 saturated heterocycles. The average Bonchev–Trinajstić information content (AvgIpc) is 2.83. The molecular weight excluding hydrogens is 220 g/mol. The summed E-state index contributed by atoms with van der Waals surface area (Å²) in [6, 6.07) is 4.21. The number of hydrogen-bond acceptors (Lipinski definition) is 3. The van der Waals surface area contributed by atoms with Gasteiger partial charge in [-0.05, 0) is 37.8 Å². The first-order valence-corrected chi connectivity index (χ1v) is 6.72. The highest BCUT2D eigenvalue weighted by atomic mass is 32.1. The lowest BCUT2D eigenvalue weighted by Gasteiger charge is -2.24. The van der Waals surface area contributed by atoms with Crippen LogP contribution in [-0.4, -0.2) is 18.5 Å².